The van der Waals surface area contributed by atoms with E-state index in [-0.39, 0.29) is 18.7 Å². The number of aliphatic carboxylic acids is 1. The van der Waals surface area contributed by atoms with Crippen molar-refractivity contribution in [3.63, 3.8) is 0 Å². The number of nitrogens with zero attached hydrogens (tertiary/aromatic N) is 1. The minimum absolute atomic E-state index is 0.0654. The van der Waals surface area contributed by atoms with Gasteiger partial charge in [0.2, 0.25) is 5.91 Å². The third kappa shape index (κ3) is 4.35. The zero-order chi connectivity index (χ0) is 15.1. The molecule has 0 radical (unpaired) electrons. The smallest absolute Gasteiger partial charge is 0.303 e. The standard InChI is InChI=1S/C16H16N2O3/c19-15(11-12-16(20)21)18(14-9-5-2-6-10-14)17-13-7-3-1-4-8-13/h1-10,17H,11-12H2,(H,20,21). The number of hydrazine groups is 1. The second kappa shape index (κ2) is 7.09. The molecule has 2 N–H and O–H groups in total. The number of carbonyl (C=O) groups excluding carboxylic acids is 1. The number of anilines is 2. The molecule has 0 atom stereocenters. The summed E-state index contributed by atoms with van der Waals surface area (Å²) in [4.78, 5) is 22.9. The van der Waals surface area contributed by atoms with Gasteiger partial charge < -0.3 is 5.11 Å². The van der Waals surface area contributed by atoms with Gasteiger partial charge in [-0.25, -0.2) is 5.01 Å². The third-order valence-electron chi connectivity index (χ3n) is 2.83. The maximum Gasteiger partial charge on any atom is 0.303 e. The first-order valence-electron chi connectivity index (χ1n) is 6.58. The van der Waals surface area contributed by atoms with E-state index >= 15 is 0 Å². The fourth-order valence-electron chi connectivity index (χ4n) is 1.82. The first kappa shape index (κ1) is 14.6. The number of amides is 1. The van der Waals surface area contributed by atoms with E-state index in [4.69, 9.17) is 5.11 Å². The van der Waals surface area contributed by atoms with Gasteiger partial charge in [-0.1, -0.05) is 36.4 Å². The van der Waals surface area contributed by atoms with E-state index in [1.54, 1.807) is 12.1 Å². The molecule has 5 heteroatoms. The van der Waals surface area contributed by atoms with Crippen LogP contribution in [0.4, 0.5) is 11.4 Å². The van der Waals surface area contributed by atoms with Crippen LogP contribution in [0.15, 0.2) is 60.7 Å². The maximum absolute atomic E-state index is 12.3. The summed E-state index contributed by atoms with van der Waals surface area (Å²) < 4.78 is 0. The molecule has 5 nitrogen and oxygen atoms in total. The first-order valence-corrected chi connectivity index (χ1v) is 6.58. The Morgan fingerprint density at radius 1 is 0.905 bits per heavy atom. The fraction of sp³-hybridized carbons (Fsp3) is 0.125. The van der Waals surface area contributed by atoms with Crippen molar-refractivity contribution in [3.05, 3.63) is 60.7 Å². The molecule has 0 bridgehead atoms. The van der Waals surface area contributed by atoms with Gasteiger partial charge in [-0.2, -0.15) is 0 Å². The van der Waals surface area contributed by atoms with Crippen LogP contribution in [0, 0.1) is 0 Å². The molecule has 2 rings (SSSR count). The van der Waals surface area contributed by atoms with Gasteiger partial charge in [0, 0.05) is 6.42 Å². The highest BCUT2D eigenvalue weighted by atomic mass is 16.4. The Labute approximate surface area is 122 Å². The SMILES string of the molecule is O=C(O)CCC(=O)N(Nc1ccccc1)c1ccccc1. The molecule has 0 spiro atoms. The minimum Gasteiger partial charge on any atom is -0.481 e. The molecule has 0 aliphatic carbocycles. The summed E-state index contributed by atoms with van der Waals surface area (Å²) in [6.45, 7) is 0. The topological polar surface area (TPSA) is 69.6 Å². The van der Waals surface area contributed by atoms with Gasteiger partial charge in [-0.3, -0.25) is 15.0 Å². The molecule has 21 heavy (non-hydrogen) atoms. The second-order valence-electron chi connectivity index (χ2n) is 4.44. The lowest BCUT2D eigenvalue weighted by Crippen LogP contribution is -2.36. The van der Waals surface area contributed by atoms with Crippen LogP contribution in [0.1, 0.15) is 12.8 Å². The molecule has 2 aromatic carbocycles. The van der Waals surface area contributed by atoms with Crippen LogP contribution in [0.5, 0.6) is 0 Å². The predicted octanol–water partition coefficient (Wildman–Crippen LogP) is 2.91. The number of carboxylic acid groups (broad SMARTS) is 1. The van der Waals surface area contributed by atoms with Crippen LogP contribution < -0.4 is 10.4 Å². The van der Waals surface area contributed by atoms with E-state index in [1.807, 2.05) is 48.5 Å². The number of carbonyl (C=O) groups is 2. The van der Waals surface area contributed by atoms with Gasteiger partial charge in [-0.05, 0) is 24.3 Å². The summed E-state index contributed by atoms with van der Waals surface area (Å²) in [6.07, 6.45) is -0.261. The number of carboxylic acids is 1. The van der Waals surface area contributed by atoms with E-state index in [2.05, 4.69) is 5.43 Å². The van der Waals surface area contributed by atoms with E-state index in [0.717, 1.165) is 5.69 Å². The van der Waals surface area contributed by atoms with E-state index in [0.29, 0.717) is 5.69 Å². The van der Waals surface area contributed by atoms with Crippen molar-refractivity contribution in [1.82, 2.24) is 0 Å². The number of rotatable bonds is 6. The molecule has 0 heterocycles. The van der Waals surface area contributed by atoms with Gasteiger partial charge in [0.1, 0.15) is 0 Å². The highest BCUT2D eigenvalue weighted by Crippen LogP contribution is 2.17. The van der Waals surface area contributed by atoms with Gasteiger partial charge in [0.25, 0.3) is 0 Å². The van der Waals surface area contributed by atoms with Crippen LogP contribution in [0.25, 0.3) is 0 Å². The molecule has 0 unspecified atom stereocenters. The molecular formula is C16H16N2O3. The first-order chi connectivity index (χ1) is 10.2. The lowest BCUT2D eigenvalue weighted by atomic mass is 10.2. The third-order valence-corrected chi connectivity index (χ3v) is 2.83. The van der Waals surface area contributed by atoms with Crippen molar-refractivity contribution < 1.29 is 14.7 Å². The number of hydrogen-bond donors (Lipinski definition) is 2. The molecule has 2 aromatic rings. The van der Waals surface area contributed by atoms with Crippen molar-refractivity contribution in [2.24, 2.45) is 0 Å². The summed E-state index contributed by atoms with van der Waals surface area (Å²) in [5.41, 5.74) is 4.43. The molecule has 0 aliphatic rings. The van der Waals surface area contributed by atoms with Gasteiger partial charge in [0.15, 0.2) is 0 Å². The van der Waals surface area contributed by atoms with Crippen molar-refractivity contribution in [3.8, 4) is 0 Å². The maximum atomic E-state index is 12.3. The van der Waals surface area contributed by atoms with Crippen LogP contribution in [-0.4, -0.2) is 17.0 Å². The molecule has 0 saturated heterocycles. The number of hydrogen-bond acceptors (Lipinski definition) is 3. The predicted molar refractivity (Wildman–Crippen MR) is 80.9 cm³/mol. The Balaban J connectivity index is 2.18. The molecular weight excluding hydrogens is 268 g/mol. The molecule has 108 valence electrons. The number of para-hydroxylation sites is 2. The van der Waals surface area contributed by atoms with Gasteiger partial charge >= 0.3 is 5.97 Å². The normalized spacial score (nSPS) is 9.90. The summed E-state index contributed by atoms with van der Waals surface area (Å²) in [7, 11) is 0. The Kier molecular flexibility index (Phi) is 4.93. The fourth-order valence-corrected chi connectivity index (χ4v) is 1.82. The zero-order valence-electron chi connectivity index (χ0n) is 11.4. The van der Waals surface area contributed by atoms with Crippen molar-refractivity contribution in [2.45, 2.75) is 12.8 Å². The second-order valence-corrected chi connectivity index (χ2v) is 4.44. The highest BCUT2D eigenvalue weighted by Gasteiger charge is 2.16. The molecule has 0 fully saturated rings. The van der Waals surface area contributed by atoms with Crippen LogP contribution in [0.3, 0.4) is 0 Å². The average Bonchev–Trinajstić information content (AvgIpc) is 2.52. The molecule has 0 aliphatic heterocycles. The van der Waals surface area contributed by atoms with Crippen LogP contribution in [0.2, 0.25) is 0 Å². The Morgan fingerprint density at radius 3 is 2.05 bits per heavy atom. The average molecular weight is 284 g/mol. The molecule has 0 aromatic heterocycles. The monoisotopic (exact) mass is 284 g/mol. The summed E-state index contributed by atoms with van der Waals surface area (Å²) in [5.74, 6) is -1.29. The minimum atomic E-state index is -0.990. The quantitative estimate of drug-likeness (QED) is 0.800. The largest absolute Gasteiger partial charge is 0.481 e. The van der Waals surface area contributed by atoms with E-state index in [1.165, 1.54) is 5.01 Å². The molecule has 1 amide bonds. The van der Waals surface area contributed by atoms with Gasteiger partial charge in [-0.15, -0.1) is 0 Å². The Morgan fingerprint density at radius 2 is 1.48 bits per heavy atom. The van der Waals surface area contributed by atoms with Crippen LogP contribution in [-0.2, 0) is 9.59 Å². The summed E-state index contributed by atoms with van der Waals surface area (Å²) in [5, 5.41) is 10.1. The van der Waals surface area contributed by atoms with Crippen LogP contribution >= 0.6 is 0 Å². The van der Waals surface area contributed by atoms with E-state index < -0.39 is 5.97 Å². The molecule has 0 saturated carbocycles. The van der Waals surface area contributed by atoms with Crippen molar-refractivity contribution >= 4 is 23.3 Å². The zero-order valence-corrected chi connectivity index (χ0v) is 11.4. The van der Waals surface area contributed by atoms with Crippen molar-refractivity contribution in [1.29, 1.82) is 0 Å². The number of nitrogens with one attached hydrogen (secondary N) is 1. The highest BCUT2D eigenvalue weighted by molar-refractivity contribution is 5.96. The van der Waals surface area contributed by atoms with Gasteiger partial charge in [0.05, 0.1) is 17.8 Å². The number of benzene rings is 2. The lowest BCUT2D eigenvalue weighted by Gasteiger charge is -2.24. The Hall–Kier alpha value is -2.82. The van der Waals surface area contributed by atoms with Crippen molar-refractivity contribution in [2.75, 3.05) is 10.4 Å². The van der Waals surface area contributed by atoms with E-state index in [9.17, 15) is 9.59 Å². The summed E-state index contributed by atoms with van der Waals surface area (Å²) >= 11 is 0. The lowest BCUT2D eigenvalue weighted by molar-refractivity contribution is -0.138. The Bertz CT molecular complexity index is 599. The summed E-state index contributed by atoms with van der Waals surface area (Å²) in [6, 6.07) is 18.3.